The van der Waals surface area contributed by atoms with E-state index < -0.39 is 0 Å². The third-order valence-corrected chi connectivity index (χ3v) is 5.24. The van der Waals surface area contributed by atoms with Gasteiger partial charge in [0.2, 0.25) is 11.8 Å². The van der Waals surface area contributed by atoms with E-state index in [1.54, 1.807) is 11.1 Å². The van der Waals surface area contributed by atoms with E-state index in [9.17, 15) is 9.59 Å². The van der Waals surface area contributed by atoms with Gasteiger partial charge in [-0.25, -0.2) is 0 Å². The van der Waals surface area contributed by atoms with Crippen LogP contribution in [0.5, 0.6) is 0 Å². The van der Waals surface area contributed by atoms with Crippen molar-refractivity contribution < 1.29 is 9.59 Å². The number of benzene rings is 2. The number of rotatable bonds is 5. The Balaban J connectivity index is 1.40. The van der Waals surface area contributed by atoms with E-state index in [1.807, 2.05) is 54.6 Å². The van der Waals surface area contributed by atoms with Crippen LogP contribution in [0.4, 0.5) is 5.69 Å². The SMILES string of the molecule is O=C(NCCc1cccc(Cl)c1)C1CC(=O)N(c2cccc3cccnc23)C1. The molecule has 4 rings (SSSR count). The fraction of sp³-hybridized carbons (Fsp3) is 0.227. The van der Waals surface area contributed by atoms with Gasteiger partial charge >= 0.3 is 0 Å². The zero-order valence-corrected chi connectivity index (χ0v) is 16.0. The molecule has 0 saturated carbocycles. The number of nitrogens with one attached hydrogen (secondary N) is 1. The van der Waals surface area contributed by atoms with Gasteiger partial charge in [0.05, 0.1) is 17.1 Å². The minimum absolute atomic E-state index is 0.0480. The van der Waals surface area contributed by atoms with Crippen molar-refractivity contribution in [2.75, 3.05) is 18.0 Å². The number of fused-ring (bicyclic) bond motifs is 1. The summed E-state index contributed by atoms with van der Waals surface area (Å²) < 4.78 is 0. The second-order valence-corrected chi connectivity index (χ2v) is 7.37. The lowest BCUT2D eigenvalue weighted by Crippen LogP contribution is -2.34. The molecule has 0 spiro atoms. The number of pyridine rings is 1. The Labute approximate surface area is 168 Å². The summed E-state index contributed by atoms with van der Waals surface area (Å²) in [5, 5.41) is 4.60. The maximum atomic E-state index is 12.6. The number of hydrogen-bond donors (Lipinski definition) is 1. The topological polar surface area (TPSA) is 62.3 Å². The molecule has 1 saturated heterocycles. The van der Waals surface area contributed by atoms with E-state index in [0.29, 0.717) is 24.5 Å². The molecular formula is C22H20ClN3O2. The Morgan fingerprint density at radius 3 is 2.86 bits per heavy atom. The van der Waals surface area contributed by atoms with Gasteiger partial charge in [0.1, 0.15) is 0 Å². The van der Waals surface area contributed by atoms with Gasteiger partial charge in [0.25, 0.3) is 0 Å². The largest absolute Gasteiger partial charge is 0.355 e. The van der Waals surface area contributed by atoms with Gasteiger partial charge in [-0.2, -0.15) is 0 Å². The Morgan fingerprint density at radius 2 is 2.00 bits per heavy atom. The fourth-order valence-corrected chi connectivity index (χ4v) is 3.80. The highest BCUT2D eigenvalue weighted by molar-refractivity contribution is 6.30. The number of carbonyl (C=O) groups excluding carboxylic acids is 2. The van der Waals surface area contributed by atoms with Gasteiger partial charge < -0.3 is 10.2 Å². The zero-order chi connectivity index (χ0) is 19.5. The Bertz CT molecular complexity index is 1030. The molecule has 1 atom stereocenters. The number of nitrogens with zero attached hydrogens (tertiary/aromatic N) is 2. The highest BCUT2D eigenvalue weighted by atomic mass is 35.5. The molecule has 0 radical (unpaired) electrons. The number of para-hydroxylation sites is 1. The highest BCUT2D eigenvalue weighted by Gasteiger charge is 2.35. The summed E-state index contributed by atoms with van der Waals surface area (Å²) in [6.07, 6.45) is 2.63. The maximum Gasteiger partial charge on any atom is 0.227 e. The highest BCUT2D eigenvalue weighted by Crippen LogP contribution is 2.30. The number of amides is 2. The zero-order valence-electron chi connectivity index (χ0n) is 15.3. The van der Waals surface area contributed by atoms with Crippen LogP contribution >= 0.6 is 11.6 Å². The number of carbonyl (C=O) groups is 2. The van der Waals surface area contributed by atoms with Crippen LogP contribution < -0.4 is 10.2 Å². The summed E-state index contributed by atoms with van der Waals surface area (Å²) in [4.78, 5) is 31.2. The Morgan fingerprint density at radius 1 is 1.18 bits per heavy atom. The van der Waals surface area contributed by atoms with Crippen LogP contribution in [0, 0.1) is 5.92 Å². The fourth-order valence-electron chi connectivity index (χ4n) is 3.59. The van der Waals surface area contributed by atoms with Gasteiger partial charge in [-0.1, -0.05) is 41.9 Å². The van der Waals surface area contributed by atoms with E-state index >= 15 is 0 Å². The summed E-state index contributed by atoms with van der Waals surface area (Å²) in [5.41, 5.74) is 2.61. The molecule has 28 heavy (non-hydrogen) atoms. The van der Waals surface area contributed by atoms with Gasteiger partial charge in [-0.05, 0) is 36.2 Å². The van der Waals surface area contributed by atoms with Crippen LogP contribution in [0.15, 0.2) is 60.8 Å². The van der Waals surface area contributed by atoms with Crippen molar-refractivity contribution in [1.82, 2.24) is 10.3 Å². The van der Waals surface area contributed by atoms with Crippen LogP contribution in [0.25, 0.3) is 10.9 Å². The predicted molar refractivity (Wildman–Crippen MR) is 110 cm³/mol. The van der Waals surface area contributed by atoms with Crippen molar-refractivity contribution in [3.05, 3.63) is 71.4 Å². The lowest BCUT2D eigenvalue weighted by Gasteiger charge is -2.18. The first-order valence-corrected chi connectivity index (χ1v) is 9.66. The van der Waals surface area contributed by atoms with Crippen LogP contribution in [0.1, 0.15) is 12.0 Å². The third kappa shape index (κ3) is 3.85. The molecule has 2 aromatic carbocycles. The van der Waals surface area contributed by atoms with E-state index in [4.69, 9.17) is 11.6 Å². The van der Waals surface area contributed by atoms with Crippen molar-refractivity contribution >= 4 is 40.0 Å². The lowest BCUT2D eigenvalue weighted by atomic mass is 10.1. The minimum atomic E-state index is -0.356. The van der Waals surface area contributed by atoms with E-state index in [-0.39, 0.29) is 24.2 Å². The molecule has 2 amide bonds. The van der Waals surface area contributed by atoms with E-state index in [2.05, 4.69) is 10.3 Å². The third-order valence-electron chi connectivity index (χ3n) is 5.00. The molecule has 6 heteroatoms. The van der Waals surface area contributed by atoms with Gasteiger partial charge in [0.15, 0.2) is 0 Å². The maximum absolute atomic E-state index is 12.6. The summed E-state index contributed by atoms with van der Waals surface area (Å²) in [7, 11) is 0. The normalized spacial score (nSPS) is 16.5. The molecule has 142 valence electrons. The summed E-state index contributed by atoms with van der Waals surface area (Å²) in [6, 6.07) is 17.2. The van der Waals surface area contributed by atoms with Crippen molar-refractivity contribution in [3.63, 3.8) is 0 Å². The molecule has 5 nitrogen and oxygen atoms in total. The molecular weight excluding hydrogens is 374 g/mol. The number of halogens is 1. The molecule has 1 aromatic heterocycles. The molecule has 1 unspecified atom stereocenters. The predicted octanol–water partition coefficient (Wildman–Crippen LogP) is 3.60. The van der Waals surface area contributed by atoms with Crippen LogP contribution in [-0.2, 0) is 16.0 Å². The van der Waals surface area contributed by atoms with Crippen molar-refractivity contribution in [1.29, 1.82) is 0 Å². The quantitative estimate of drug-likeness (QED) is 0.720. The van der Waals surface area contributed by atoms with E-state index in [0.717, 1.165) is 22.2 Å². The molecule has 1 N–H and O–H groups in total. The van der Waals surface area contributed by atoms with Crippen molar-refractivity contribution in [2.24, 2.45) is 5.92 Å². The van der Waals surface area contributed by atoms with Crippen LogP contribution in [0.3, 0.4) is 0 Å². The standard InChI is InChI=1S/C22H20ClN3O2/c23-18-7-1-4-15(12-18)9-11-25-22(28)17-13-20(27)26(14-17)19-8-2-5-16-6-3-10-24-21(16)19/h1-8,10,12,17H,9,11,13-14H2,(H,25,28). The molecule has 0 aliphatic carbocycles. The van der Waals surface area contributed by atoms with Gasteiger partial charge in [-0.3, -0.25) is 14.6 Å². The second kappa shape index (κ2) is 7.98. The molecule has 3 aromatic rings. The second-order valence-electron chi connectivity index (χ2n) is 6.93. The first kappa shape index (κ1) is 18.4. The first-order valence-electron chi connectivity index (χ1n) is 9.28. The Hall–Kier alpha value is -2.92. The van der Waals surface area contributed by atoms with Gasteiger partial charge in [-0.15, -0.1) is 0 Å². The molecule has 1 aliphatic rings. The molecule has 2 heterocycles. The van der Waals surface area contributed by atoms with Crippen molar-refractivity contribution in [3.8, 4) is 0 Å². The number of aromatic nitrogens is 1. The summed E-state index contributed by atoms with van der Waals surface area (Å²) in [5.74, 6) is -0.495. The van der Waals surface area contributed by atoms with E-state index in [1.165, 1.54) is 0 Å². The molecule has 1 aliphatic heterocycles. The number of anilines is 1. The molecule has 0 bridgehead atoms. The average Bonchev–Trinajstić information content (AvgIpc) is 3.09. The van der Waals surface area contributed by atoms with Crippen molar-refractivity contribution in [2.45, 2.75) is 12.8 Å². The monoisotopic (exact) mass is 393 g/mol. The smallest absolute Gasteiger partial charge is 0.227 e. The Kier molecular flexibility index (Phi) is 5.26. The molecule has 1 fully saturated rings. The average molecular weight is 394 g/mol. The summed E-state index contributed by atoms with van der Waals surface area (Å²) >= 11 is 5.99. The number of hydrogen-bond acceptors (Lipinski definition) is 3. The van der Waals surface area contributed by atoms with Crippen LogP contribution in [0.2, 0.25) is 5.02 Å². The first-order chi connectivity index (χ1) is 13.6. The summed E-state index contributed by atoms with van der Waals surface area (Å²) in [6.45, 7) is 0.886. The van der Waals surface area contributed by atoms with Crippen LogP contribution in [-0.4, -0.2) is 29.9 Å². The van der Waals surface area contributed by atoms with Gasteiger partial charge in [0, 0.05) is 36.1 Å². The minimum Gasteiger partial charge on any atom is -0.355 e. The lowest BCUT2D eigenvalue weighted by molar-refractivity contribution is -0.126.